The monoisotopic (exact) mass is 466 g/mol. The molecule has 5 rings (SSSR count). The van der Waals surface area contributed by atoms with Crippen LogP contribution in [-0.2, 0) is 33.9 Å². The summed E-state index contributed by atoms with van der Waals surface area (Å²) in [7, 11) is 0. The van der Waals surface area contributed by atoms with Gasteiger partial charge in [-0.3, -0.25) is 24.5 Å². The smallest absolute Gasteiger partial charge is 0.255 e. The van der Waals surface area contributed by atoms with Gasteiger partial charge in [0.15, 0.2) is 0 Å². The molecule has 1 fully saturated rings. The third-order valence-electron chi connectivity index (χ3n) is 6.29. The zero-order valence-electron chi connectivity index (χ0n) is 17.9. The van der Waals surface area contributed by atoms with Crippen LogP contribution in [0.3, 0.4) is 0 Å². The van der Waals surface area contributed by atoms with E-state index in [2.05, 4.69) is 15.6 Å². The molecular weight excluding hydrogens is 446 g/mol. The Bertz CT molecular complexity index is 1370. The Hall–Kier alpha value is -4.08. The van der Waals surface area contributed by atoms with Crippen molar-refractivity contribution in [3.05, 3.63) is 70.4 Å². The molecule has 2 aliphatic rings. The molecule has 1 saturated heterocycles. The van der Waals surface area contributed by atoms with Gasteiger partial charge in [-0.05, 0) is 36.2 Å². The fourth-order valence-electron chi connectivity index (χ4n) is 4.52. The molecule has 4 amide bonds. The molecule has 0 aliphatic carbocycles. The van der Waals surface area contributed by atoms with Gasteiger partial charge in [-0.25, -0.2) is 8.78 Å². The number of aromatic nitrogens is 1. The maximum Gasteiger partial charge on any atom is 0.255 e. The van der Waals surface area contributed by atoms with Gasteiger partial charge in [0.1, 0.15) is 17.7 Å². The molecule has 1 aromatic heterocycles. The highest BCUT2D eigenvalue weighted by Crippen LogP contribution is 2.30. The average molecular weight is 466 g/mol. The van der Waals surface area contributed by atoms with Crippen molar-refractivity contribution in [1.82, 2.24) is 20.5 Å². The van der Waals surface area contributed by atoms with Gasteiger partial charge in [0.25, 0.3) is 5.91 Å². The summed E-state index contributed by atoms with van der Waals surface area (Å²) < 4.78 is 28.7. The average Bonchev–Trinajstić information content (AvgIpc) is 3.34. The van der Waals surface area contributed by atoms with Crippen molar-refractivity contribution in [2.75, 3.05) is 0 Å². The molecule has 0 spiro atoms. The molecule has 34 heavy (non-hydrogen) atoms. The van der Waals surface area contributed by atoms with E-state index in [1.54, 1.807) is 12.3 Å². The van der Waals surface area contributed by atoms with Crippen molar-refractivity contribution >= 4 is 34.5 Å². The molecule has 10 heteroatoms. The second-order valence-corrected chi connectivity index (χ2v) is 8.42. The van der Waals surface area contributed by atoms with Crippen LogP contribution in [0.15, 0.2) is 36.5 Å². The van der Waals surface area contributed by atoms with Crippen LogP contribution >= 0.6 is 0 Å². The number of carbonyl (C=O) groups excluding carboxylic acids is 4. The lowest BCUT2D eigenvalue weighted by atomic mass is 10.0. The number of aromatic amines is 1. The molecule has 1 atom stereocenters. The minimum atomic E-state index is -0.832. The van der Waals surface area contributed by atoms with E-state index in [0.717, 1.165) is 0 Å². The maximum absolute atomic E-state index is 15.2. The fourth-order valence-corrected chi connectivity index (χ4v) is 4.52. The number of amides is 4. The number of imide groups is 1. The largest absolute Gasteiger partial charge is 0.361 e. The van der Waals surface area contributed by atoms with Gasteiger partial charge in [0.2, 0.25) is 17.7 Å². The number of piperidine rings is 1. The van der Waals surface area contributed by atoms with Crippen molar-refractivity contribution in [1.29, 1.82) is 0 Å². The van der Waals surface area contributed by atoms with Crippen molar-refractivity contribution in [2.24, 2.45) is 0 Å². The molecule has 2 aliphatic heterocycles. The molecule has 3 N–H and O–H groups in total. The summed E-state index contributed by atoms with van der Waals surface area (Å²) in [6.45, 7) is -0.184. The quantitative estimate of drug-likeness (QED) is 0.500. The van der Waals surface area contributed by atoms with Crippen LogP contribution in [0.25, 0.3) is 10.9 Å². The summed E-state index contributed by atoms with van der Waals surface area (Å²) in [6, 6.07) is 6.34. The number of hydrogen-bond acceptors (Lipinski definition) is 4. The van der Waals surface area contributed by atoms with E-state index in [1.807, 2.05) is 0 Å². The number of fused-ring (bicyclic) bond motifs is 2. The van der Waals surface area contributed by atoms with Gasteiger partial charge in [-0.2, -0.15) is 0 Å². The molecule has 0 bridgehead atoms. The van der Waals surface area contributed by atoms with Crippen LogP contribution in [0.4, 0.5) is 8.78 Å². The van der Waals surface area contributed by atoms with Crippen LogP contribution in [0, 0.1) is 11.6 Å². The summed E-state index contributed by atoms with van der Waals surface area (Å²) >= 11 is 0. The zero-order chi connectivity index (χ0) is 24.0. The van der Waals surface area contributed by atoms with Gasteiger partial charge in [-0.1, -0.05) is 6.07 Å². The van der Waals surface area contributed by atoms with Gasteiger partial charge >= 0.3 is 0 Å². The number of H-pyrrole nitrogens is 1. The third-order valence-corrected chi connectivity index (χ3v) is 6.29. The molecule has 1 unspecified atom stereocenters. The number of nitrogens with zero attached hydrogens (tertiary/aromatic N) is 1. The van der Waals surface area contributed by atoms with E-state index in [9.17, 15) is 23.6 Å². The number of carbonyl (C=O) groups is 4. The maximum atomic E-state index is 15.2. The minimum absolute atomic E-state index is 0.0161. The molecule has 3 aromatic rings. The van der Waals surface area contributed by atoms with Gasteiger partial charge in [-0.15, -0.1) is 0 Å². The van der Waals surface area contributed by atoms with E-state index < -0.39 is 35.4 Å². The first kappa shape index (κ1) is 21.7. The molecule has 174 valence electrons. The predicted molar refractivity (Wildman–Crippen MR) is 116 cm³/mol. The highest BCUT2D eigenvalue weighted by Gasteiger charge is 2.40. The Morgan fingerprint density at radius 2 is 1.94 bits per heavy atom. The first-order chi connectivity index (χ1) is 16.3. The molecule has 2 aromatic carbocycles. The first-order valence-corrected chi connectivity index (χ1v) is 10.8. The highest BCUT2D eigenvalue weighted by molar-refractivity contribution is 6.05. The van der Waals surface area contributed by atoms with Crippen LogP contribution in [0.5, 0.6) is 0 Å². The lowest BCUT2D eigenvalue weighted by molar-refractivity contribution is -0.137. The Morgan fingerprint density at radius 3 is 2.74 bits per heavy atom. The summed E-state index contributed by atoms with van der Waals surface area (Å²) in [5.41, 5.74) is 1.85. The van der Waals surface area contributed by atoms with E-state index in [-0.39, 0.29) is 54.9 Å². The van der Waals surface area contributed by atoms with E-state index in [1.165, 1.54) is 29.2 Å². The minimum Gasteiger partial charge on any atom is -0.361 e. The predicted octanol–water partition coefficient (Wildman–Crippen LogP) is 2.07. The van der Waals surface area contributed by atoms with Crippen molar-refractivity contribution < 1.29 is 28.0 Å². The topological polar surface area (TPSA) is 111 Å². The zero-order valence-corrected chi connectivity index (χ0v) is 17.9. The summed E-state index contributed by atoms with van der Waals surface area (Å²) in [6.07, 6.45) is 1.92. The normalized spacial score (nSPS) is 17.8. The first-order valence-electron chi connectivity index (χ1n) is 10.8. The Labute approximate surface area is 192 Å². The molecule has 3 heterocycles. The second kappa shape index (κ2) is 8.36. The second-order valence-electron chi connectivity index (χ2n) is 8.42. The van der Waals surface area contributed by atoms with Crippen molar-refractivity contribution in [3.8, 4) is 0 Å². The number of halogens is 2. The third kappa shape index (κ3) is 3.81. The van der Waals surface area contributed by atoms with Gasteiger partial charge < -0.3 is 15.2 Å². The Balaban J connectivity index is 1.27. The lowest BCUT2D eigenvalue weighted by Crippen LogP contribution is -2.52. The van der Waals surface area contributed by atoms with Crippen LogP contribution in [0.2, 0.25) is 0 Å². The number of rotatable bonds is 5. The Morgan fingerprint density at radius 1 is 1.12 bits per heavy atom. The number of nitrogens with one attached hydrogen (secondary N) is 3. The van der Waals surface area contributed by atoms with Crippen molar-refractivity contribution in [3.63, 3.8) is 0 Å². The molecule has 0 saturated carbocycles. The van der Waals surface area contributed by atoms with Crippen LogP contribution in [-0.4, -0.2) is 39.6 Å². The molecule has 0 radical (unpaired) electrons. The van der Waals surface area contributed by atoms with Crippen LogP contribution in [0.1, 0.15) is 39.9 Å². The summed E-state index contributed by atoms with van der Waals surface area (Å²) in [4.78, 5) is 53.0. The standard InChI is InChI=1S/C24H20F2N4O4/c25-14-2-4-18-16(8-14)13(10-27-18)7-21(32)28-9-12-1-3-15-17(22(12)26)11-30(24(15)34)19-5-6-20(31)29-23(19)33/h1-4,8,10,19,27H,5-7,9,11H2,(H,28,32)(H,29,31,33). The molecule has 8 nitrogen and oxygen atoms in total. The van der Waals surface area contributed by atoms with E-state index >= 15 is 4.39 Å². The van der Waals surface area contributed by atoms with Crippen LogP contribution < -0.4 is 10.6 Å². The number of benzene rings is 2. The van der Waals surface area contributed by atoms with E-state index in [4.69, 9.17) is 0 Å². The molecular formula is C24H20F2N4O4. The highest BCUT2D eigenvalue weighted by atomic mass is 19.1. The summed E-state index contributed by atoms with van der Waals surface area (Å²) in [5.74, 6) is -2.82. The van der Waals surface area contributed by atoms with Gasteiger partial charge in [0.05, 0.1) is 13.0 Å². The number of hydrogen-bond donors (Lipinski definition) is 3. The summed E-state index contributed by atoms with van der Waals surface area (Å²) in [5, 5.41) is 5.47. The lowest BCUT2D eigenvalue weighted by Gasteiger charge is -2.29. The van der Waals surface area contributed by atoms with Crippen molar-refractivity contribution in [2.45, 2.75) is 38.4 Å². The fraction of sp³-hybridized carbons (Fsp3) is 0.250. The SMILES string of the molecule is O=C(Cc1c[nH]c2ccc(F)cc12)NCc1ccc2c(c1F)CN(C1CCC(=O)NC1=O)C2=O. The van der Waals surface area contributed by atoms with E-state index in [0.29, 0.717) is 16.5 Å². The van der Waals surface area contributed by atoms with Gasteiger partial charge in [0, 0.05) is 46.8 Å². The Kier molecular flexibility index (Phi) is 5.35.